The van der Waals surface area contributed by atoms with Gasteiger partial charge in [-0.2, -0.15) is 0 Å². The molecule has 8 heteroatoms. The molecule has 1 aromatic carbocycles. The van der Waals surface area contributed by atoms with Gasteiger partial charge in [0.15, 0.2) is 0 Å². The summed E-state index contributed by atoms with van der Waals surface area (Å²) in [6, 6.07) is 5.08. The summed E-state index contributed by atoms with van der Waals surface area (Å²) in [5, 5.41) is 33.5. The van der Waals surface area contributed by atoms with Crippen LogP contribution in [-0.2, 0) is 6.54 Å². The Labute approximate surface area is 131 Å². The van der Waals surface area contributed by atoms with Gasteiger partial charge in [0.2, 0.25) is 0 Å². The van der Waals surface area contributed by atoms with E-state index in [2.05, 4.69) is 10.3 Å². The number of aliphatic hydroxyl groups is 2. The Kier molecular flexibility index (Phi) is 5.56. The van der Waals surface area contributed by atoms with E-state index in [-0.39, 0.29) is 12.3 Å². The number of aliphatic hydroxyl groups excluding tert-OH is 2. The molecule has 2 aromatic rings. The zero-order valence-electron chi connectivity index (χ0n) is 12.0. The number of hydrogen-bond donors (Lipinski definition) is 3. The lowest BCUT2D eigenvalue weighted by Gasteiger charge is -2.22. The minimum atomic E-state index is -0.959. The standard InChI is InChI=1S/C14H17N3O4S/c1-9-13(22-8-16-9)6-15-12(7-18)14(19)10-2-4-11(5-3-10)17(20)21/h2-5,8,12,14-15,18-19H,6-7H2,1H3/t12-,14+/m1/s1. The molecule has 0 saturated carbocycles. The average Bonchev–Trinajstić information content (AvgIpc) is 2.93. The van der Waals surface area contributed by atoms with Crippen molar-refractivity contribution in [2.45, 2.75) is 25.6 Å². The zero-order valence-corrected chi connectivity index (χ0v) is 12.8. The third-order valence-corrected chi connectivity index (χ3v) is 4.33. The first-order chi connectivity index (χ1) is 10.5. The van der Waals surface area contributed by atoms with E-state index in [1.54, 1.807) is 5.51 Å². The van der Waals surface area contributed by atoms with Crippen molar-refractivity contribution in [3.8, 4) is 0 Å². The van der Waals surface area contributed by atoms with Gasteiger partial charge in [-0.3, -0.25) is 10.1 Å². The molecule has 0 aliphatic rings. The van der Waals surface area contributed by atoms with E-state index in [1.165, 1.54) is 35.6 Å². The van der Waals surface area contributed by atoms with Crippen molar-refractivity contribution in [3.63, 3.8) is 0 Å². The predicted octanol–water partition coefficient (Wildman–Crippen LogP) is 1.54. The summed E-state index contributed by atoms with van der Waals surface area (Å²) in [5.41, 5.74) is 3.13. The maximum atomic E-state index is 10.6. The van der Waals surface area contributed by atoms with Gasteiger partial charge in [-0.05, 0) is 24.6 Å². The van der Waals surface area contributed by atoms with Crippen LogP contribution in [0.25, 0.3) is 0 Å². The van der Waals surface area contributed by atoms with Crippen LogP contribution in [0.3, 0.4) is 0 Å². The fourth-order valence-corrected chi connectivity index (χ4v) is 2.75. The Morgan fingerprint density at radius 3 is 2.59 bits per heavy atom. The van der Waals surface area contributed by atoms with Crippen molar-refractivity contribution < 1.29 is 15.1 Å². The van der Waals surface area contributed by atoms with Crippen molar-refractivity contribution in [3.05, 3.63) is 56.0 Å². The van der Waals surface area contributed by atoms with Crippen LogP contribution in [0.2, 0.25) is 0 Å². The fourth-order valence-electron chi connectivity index (χ4n) is 2.02. The predicted molar refractivity (Wildman–Crippen MR) is 82.6 cm³/mol. The molecule has 7 nitrogen and oxygen atoms in total. The maximum absolute atomic E-state index is 10.6. The number of hydrogen-bond acceptors (Lipinski definition) is 7. The monoisotopic (exact) mass is 323 g/mol. The van der Waals surface area contributed by atoms with Crippen molar-refractivity contribution in [2.24, 2.45) is 0 Å². The topological polar surface area (TPSA) is 109 Å². The summed E-state index contributed by atoms with van der Waals surface area (Å²) in [7, 11) is 0. The third-order valence-electron chi connectivity index (χ3n) is 3.39. The van der Waals surface area contributed by atoms with Crippen LogP contribution < -0.4 is 5.32 Å². The fraction of sp³-hybridized carbons (Fsp3) is 0.357. The van der Waals surface area contributed by atoms with E-state index in [0.29, 0.717) is 12.1 Å². The van der Waals surface area contributed by atoms with Crippen LogP contribution >= 0.6 is 11.3 Å². The highest BCUT2D eigenvalue weighted by Crippen LogP contribution is 2.21. The Morgan fingerprint density at radius 2 is 2.09 bits per heavy atom. The van der Waals surface area contributed by atoms with Gasteiger partial charge in [0, 0.05) is 23.6 Å². The molecule has 0 aliphatic carbocycles. The first-order valence-corrected chi connectivity index (χ1v) is 7.56. The van der Waals surface area contributed by atoms with Crippen LogP contribution in [0.4, 0.5) is 5.69 Å². The molecule has 0 amide bonds. The molecule has 1 heterocycles. The second-order valence-corrected chi connectivity index (χ2v) is 5.76. The number of benzene rings is 1. The SMILES string of the molecule is Cc1ncsc1CN[C@H](CO)[C@@H](O)c1ccc([N+](=O)[O-])cc1. The number of aromatic nitrogens is 1. The molecule has 0 unspecified atom stereocenters. The van der Waals surface area contributed by atoms with Crippen LogP contribution in [0.5, 0.6) is 0 Å². The maximum Gasteiger partial charge on any atom is 0.269 e. The molecule has 0 fully saturated rings. The summed E-state index contributed by atoms with van der Waals surface area (Å²) >= 11 is 1.50. The van der Waals surface area contributed by atoms with E-state index in [0.717, 1.165) is 10.6 Å². The molecule has 0 saturated heterocycles. The molecule has 2 rings (SSSR count). The van der Waals surface area contributed by atoms with Crippen molar-refractivity contribution in [1.82, 2.24) is 10.3 Å². The van der Waals surface area contributed by atoms with Crippen molar-refractivity contribution in [1.29, 1.82) is 0 Å². The minimum Gasteiger partial charge on any atom is -0.395 e. The minimum absolute atomic E-state index is 0.0373. The van der Waals surface area contributed by atoms with E-state index >= 15 is 0 Å². The molecule has 118 valence electrons. The van der Waals surface area contributed by atoms with Gasteiger partial charge in [0.05, 0.1) is 34.9 Å². The quantitative estimate of drug-likeness (QED) is 0.527. The smallest absolute Gasteiger partial charge is 0.269 e. The Morgan fingerprint density at radius 1 is 1.41 bits per heavy atom. The molecular formula is C14H17N3O4S. The summed E-state index contributed by atoms with van der Waals surface area (Å²) in [6.45, 7) is 2.13. The lowest BCUT2D eigenvalue weighted by atomic mass is 10.0. The Balaban J connectivity index is 2.03. The van der Waals surface area contributed by atoms with Crippen molar-refractivity contribution >= 4 is 17.0 Å². The molecule has 0 aliphatic heterocycles. The summed E-state index contributed by atoms with van der Waals surface area (Å²) < 4.78 is 0. The summed E-state index contributed by atoms with van der Waals surface area (Å²) in [6.07, 6.45) is -0.959. The van der Waals surface area contributed by atoms with Crippen LogP contribution in [0, 0.1) is 17.0 Å². The molecule has 0 spiro atoms. The van der Waals surface area contributed by atoms with Gasteiger partial charge in [-0.15, -0.1) is 11.3 Å². The van der Waals surface area contributed by atoms with E-state index in [9.17, 15) is 20.3 Å². The number of thiazole rings is 1. The van der Waals surface area contributed by atoms with Crippen LogP contribution in [0.15, 0.2) is 29.8 Å². The van der Waals surface area contributed by atoms with E-state index in [1.807, 2.05) is 6.92 Å². The zero-order chi connectivity index (χ0) is 16.1. The van der Waals surface area contributed by atoms with Crippen molar-refractivity contribution in [2.75, 3.05) is 6.61 Å². The van der Waals surface area contributed by atoms with E-state index in [4.69, 9.17) is 0 Å². The Bertz CT molecular complexity index is 629. The van der Waals surface area contributed by atoms with Gasteiger partial charge in [-0.25, -0.2) is 4.98 Å². The number of nitrogens with zero attached hydrogens (tertiary/aromatic N) is 2. The largest absolute Gasteiger partial charge is 0.395 e. The van der Waals surface area contributed by atoms with Gasteiger partial charge < -0.3 is 15.5 Å². The van der Waals surface area contributed by atoms with Gasteiger partial charge in [-0.1, -0.05) is 0 Å². The molecule has 0 radical (unpaired) electrons. The lowest BCUT2D eigenvalue weighted by Crippen LogP contribution is -2.37. The first kappa shape index (κ1) is 16.5. The second-order valence-electron chi connectivity index (χ2n) is 4.82. The highest BCUT2D eigenvalue weighted by Gasteiger charge is 2.21. The normalized spacial score (nSPS) is 13.8. The number of aryl methyl sites for hydroxylation is 1. The highest BCUT2D eigenvalue weighted by molar-refractivity contribution is 7.09. The molecule has 22 heavy (non-hydrogen) atoms. The number of non-ortho nitro benzene ring substituents is 1. The Hall–Kier alpha value is -1.87. The van der Waals surface area contributed by atoms with Crippen LogP contribution in [0.1, 0.15) is 22.2 Å². The number of nitro benzene ring substituents is 1. The average molecular weight is 323 g/mol. The van der Waals surface area contributed by atoms with Gasteiger partial charge >= 0.3 is 0 Å². The molecule has 0 bridgehead atoms. The number of nitrogens with one attached hydrogen (secondary N) is 1. The molecule has 2 atom stereocenters. The number of rotatable bonds is 7. The molecule has 1 aromatic heterocycles. The highest BCUT2D eigenvalue weighted by atomic mass is 32.1. The summed E-state index contributed by atoms with van der Waals surface area (Å²) in [5.74, 6) is 0. The van der Waals surface area contributed by atoms with Crippen LogP contribution in [-0.4, -0.2) is 32.8 Å². The van der Waals surface area contributed by atoms with Gasteiger partial charge in [0.1, 0.15) is 0 Å². The number of nitro groups is 1. The summed E-state index contributed by atoms with van der Waals surface area (Å²) in [4.78, 5) is 15.3. The van der Waals surface area contributed by atoms with Gasteiger partial charge in [0.25, 0.3) is 5.69 Å². The second kappa shape index (κ2) is 7.41. The first-order valence-electron chi connectivity index (χ1n) is 6.68. The molecular weight excluding hydrogens is 306 g/mol. The van der Waals surface area contributed by atoms with E-state index < -0.39 is 17.1 Å². The lowest BCUT2D eigenvalue weighted by molar-refractivity contribution is -0.384. The molecule has 3 N–H and O–H groups in total. The third kappa shape index (κ3) is 3.86.